The summed E-state index contributed by atoms with van der Waals surface area (Å²) in [5.41, 5.74) is 7.30. The van der Waals surface area contributed by atoms with Crippen molar-refractivity contribution in [3.05, 3.63) is 23.8 Å². The summed E-state index contributed by atoms with van der Waals surface area (Å²) in [6, 6.07) is 4.62. The van der Waals surface area contributed by atoms with Crippen LogP contribution in [0.25, 0.3) is 0 Å². The summed E-state index contributed by atoms with van der Waals surface area (Å²) >= 11 is 0. The van der Waals surface area contributed by atoms with Gasteiger partial charge in [-0.05, 0) is 12.5 Å². The predicted octanol–water partition coefficient (Wildman–Crippen LogP) is 0.568. The van der Waals surface area contributed by atoms with E-state index in [1.165, 1.54) is 0 Å². The van der Waals surface area contributed by atoms with Gasteiger partial charge >= 0.3 is 0 Å². The van der Waals surface area contributed by atoms with Crippen LogP contribution in [-0.4, -0.2) is 22.8 Å². The molecule has 2 unspecified atom stereocenters. The molecule has 1 aromatic rings. The van der Waals surface area contributed by atoms with Gasteiger partial charge in [-0.1, -0.05) is 6.07 Å². The fourth-order valence-electron chi connectivity index (χ4n) is 1.72. The van der Waals surface area contributed by atoms with E-state index in [1.807, 2.05) is 0 Å². The molecule has 2 atom stereocenters. The highest BCUT2D eigenvalue weighted by Crippen LogP contribution is 2.31. The van der Waals surface area contributed by atoms with E-state index in [0.717, 1.165) is 17.7 Å². The smallest absolute Gasteiger partial charge is 0.117 e. The largest absolute Gasteiger partial charge is 0.508 e. The Morgan fingerprint density at radius 1 is 1.43 bits per heavy atom. The Hall–Kier alpha value is -1.26. The van der Waals surface area contributed by atoms with Crippen molar-refractivity contribution in [2.75, 3.05) is 11.9 Å². The number of phenols is 1. The molecule has 0 radical (unpaired) electrons. The third kappa shape index (κ3) is 1.54. The Kier molecular flexibility index (Phi) is 2.31. The SMILES string of the molecule is NC1CCNc2cc(O)ccc2C1O. The molecule has 4 nitrogen and oxygen atoms in total. The summed E-state index contributed by atoms with van der Waals surface area (Å²) in [7, 11) is 0. The van der Waals surface area contributed by atoms with Gasteiger partial charge in [-0.25, -0.2) is 0 Å². The Labute approximate surface area is 82.4 Å². The highest BCUT2D eigenvalue weighted by atomic mass is 16.3. The molecule has 14 heavy (non-hydrogen) atoms. The van der Waals surface area contributed by atoms with E-state index in [1.54, 1.807) is 18.2 Å². The van der Waals surface area contributed by atoms with Crippen molar-refractivity contribution in [3.8, 4) is 5.75 Å². The zero-order chi connectivity index (χ0) is 10.1. The molecule has 2 rings (SSSR count). The van der Waals surface area contributed by atoms with Crippen LogP contribution in [0.1, 0.15) is 18.1 Å². The predicted molar refractivity (Wildman–Crippen MR) is 54.1 cm³/mol. The number of nitrogens with two attached hydrogens (primary N) is 1. The average molecular weight is 194 g/mol. The average Bonchev–Trinajstić information content (AvgIpc) is 2.28. The molecule has 0 fully saturated rings. The zero-order valence-corrected chi connectivity index (χ0v) is 7.77. The van der Waals surface area contributed by atoms with Crippen LogP contribution >= 0.6 is 0 Å². The van der Waals surface area contributed by atoms with Crippen molar-refractivity contribution < 1.29 is 10.2 Å². The Morgan fingerprint density at radius 3 is 3.00 bits per heavy atom. The number of fused-ring (bicyclic) bond motifs is 1. The number of aliphatic hydroxyl groups excluding tert-OH is 1. The van der Waals surface area contributed by atoms with Gasteiger partial charge in [0.25, 0.3) is 0 Å². The van der Waals surface area contributed by atoms with Crippen LogP contribution < -0.4 is 11.1 Å². The van der Waals surface area contributed by atoms with Crippen LogP contribution in [0, 0.1) is 0 Å². The monoisotopic (exact) mass is 194 g/mol. The Morgan fingerprint density at radius 2 is 2.21 bits per heavy atom. The third-order valence-corrected chi connectivity index (χ3v) is 2.55. The summed E-state index contributed by atoms with van der Waals surface area (Å²) in [6.07, 6.45) is 0.0666. The quantitative estimate of drug-likeness (QED) is 0.487. The summed E-state index contributed by atoms with van der Waals surface area (Å²) < 4.78 is 0. The molecule has 1 aromatic carbocycles. The number of benzene rings is 1. The summed E-state index contributed by atoms with van der Waals surface area (Å²) in [5.74, 6) is 0.193. The third-order valence-electron chi connectivity index (χ3n) is 2.55. The molecule has 0 aromatic heterocycles. The first-order valence-corrected chi connectivity index (χ1v) is 4.69. The second-order valence-corrected chi connectivity index (χ2v) is 3.60. The second-order valence-electron chi connectivity index (χ2n) is 3.60. The van der Waals surface area contributed by atoms with E-state index in [2.05, 4.69) is 5.32 Å². The second kappa shape index (κ2) is 3.48. The van der Waals surface area contributed by atoms with Crippen molar-refractivity contribution in [2.45, 2.75) is 18.6 Å². The molecular weight excluding hydrogens is 180 g/mol. The van der Waals surface area contributed by atoms with E-state index in [9.17, 15) is 10.2 Å². The van der Waals surface area contributed by atoms with Crippen LogP contribution in [0.2, 0.25) is 0 Å². The first-order valence-electron chi connectivity index (χ1n) is 4.69. The topological polar surface area (TPSA) is 78.5 Å². The van der Waals surface area contributed by atoms with Gasteiger partial charge in [-0.15, -0.1) is 0 Å². The van der Waals surface area contributed by atoms with Crippen LogP contribution in [0.5, 0.6) is 5.75 Å². The van der Waals surface area contributed by atoms with E-state index in [0.29, 0.717) is 6.54 Å². The molecule has 1 aliphatic heterocycles. The lowest BCUT2D eigenvalue weighted by atomic mass is 10.0. The van der Waals surface area contributed by atoms with Crippen LogP contribution in [0.3, 0.4) is 0 Å². The Balaban J connectivity index is 2.43. The maximum absolute atomic E-state index is 9.85. The van der Waals surface area contributed by atoms with Gasteiger partial charge in [-0.2, -0.15) is 0 Å². The fraction of sp³-hybridized carbons (Fsp3) is 0.400. The van der Waals surface area contributed by atoms with Gasteiger partial charge in [0, 0.05) is 29.9 Å². The highest BCUT2D eigenvalue weighted by Gasteiger charge is 2.22. The molecule has 0 spiro atoms. The number of phenolic OH excluding ortho intramolecular Hbond substituents is 1. The molecule has 1 heterocycles. The molecule has 4 heteroatoms. The highest BCUT2D eigenvalue weighted by molar-refractivity contribution is 5.56. The number of aromatic hydroxyl groups is 1. The van der Waals surface area contributed by atoms with Crippen LogP contribution in [-0.2, 0) is 0 Å². The standard InChI is InChI=1S/C10H14N2O2/c11-8-3-4-12-9-5-6(13)1-2-7(9)10(8)14/h1-2,5,8,10,12-14H,3-4,11H2. The van der Waals surface area contributed by atoms with Gasteiger partial charge < -0.3 is 21.3 Å². The van der Waals surface area contributed by atoms with E-state index >= 15 is 0 Å². The van der Waals surface area contributed by atoms with Crippen molar-refractivity contribution >= 4 is 5.69 Å². The van der Waals surface area contributed by atoms with E-state index < -0.39 is 6.10 Å². The summed E-state index contributed by atoms with van der Waals surface area (Å²) in [6.45, 7) is 0.717. The van der Waals surface area contributed by atoms with Gasteiger partial charge in [0.1, 0.15) is 5.75 Å². The maximum Gasteiger partial charge on any atom is 0.117 e. The van der Waals surface area contributed by atoms with Crippen LogP contribution in [0.15, 0.2) is 18.2 Å². The molecule has 0 bridgehead atoms. The van der Waals surface area contributed by atoms with Crippen molar-refractivity contribution in [1.29, 1.82) is 0 Å². The molecular formula is C10H14N2O2. The first kappa shape index (κ1) is 9.30. The van der Waals surface area contributed by atoms with Crippen molar-refractivity contribution in [1.82, 2.24) is 0 Å². The minimum atomic E-state index is -0.652. The molecule has 0 aliphatic carbocycles. The minimum absolute atomic E-state index is 0.193. The number of anilines is 1. The number of nitrogens with one attached hydrogen (secondary N) is 1. The Bertz CT molecular complexity index is 341. The van der Waals surface area contributed by atoms with Gasteiger partial charge in [0.2, 0.25) is 0 Å². The summed E-state index contributed by atoms with van der Waals surface area (Å²) in [5, 5.41) is 22.3. The van der Waals surface area contributed by atoms with E-state index in [-0.39, 0.29) is 11.8 Å². The fourth-order valence-corrected chi connectivity index (χ4v) is 1.72. The lowest BCUT2D eigenvalue weighted by Crippen LogP contribution is -2.28. The number of hydrogen-bond donors (Lipinski definition) is 4. The number of aliphatic hydroxyl groups is 1. The zero-order valence-electron chi connectivity index (χ0n) is 7.77. The molecule has 0 amide bonds. The van der Waals surface area contributed by atoms with Gasteiger partial charge in [0.15, 0.2) is 0 Å². The summed E-state index contributed by atoms with van der Waals surface area (Å²) in [4.78, 5) is 0. The first-order chi connectivity index (χ1) is 6.68. The van der Waals surface area contributed by atoms with E-state index in [4.69, 9.17) is 5.73 Å². The normalized spacial score (nSPS) is 26.1. The lowest BCUT2D eigenvalue weighted by Gasteiger charge is -2.16. The molecule has 76 valence electrons. The molecule has 5 N–H and O–H groups in total. The number of rotatable bonds is 0. The van der Waals surface area contributed by atoms with Crippen LogP contribution in [0.4, 0.5) is 5.69 Å². The minimum Gasteiger partial charge on any atom is -0.508 e. The lowest BCUT2D eigenvalue weighted by molar-refractivity contribution is 0.146. The molecule has 1 aliphatic rings. The van der Waals surface area contributed by atoms with Gasteiger partial charge in [-0.3, -0.25) is 0 Å². The number of hydrogen-bond acceptors (Lipinski definition) is 4. The van der Waals surface area contributed by atoms with Gasteiger partial charge in [0.05, 0.1) is 6.10 Å². The van der Waals surface area contributed by atoms with Crippen molar-refractivity contribution in [2.24, 2.45) is 5.73 Å². The maximum atomic E-state index is 9.85. The molecule has 0 saturated heterocycles. The van der Waals surface area contributed by atoms with Crippen molar-refractivity contribution in [3.63, 3.8) is 0 Å². The molecule has 0 saturated carbocycles.